The molecular weight excluding hydrogens is 272 g/mol. The average Bonchev–Trinajstić information content (AvgIpc) is 2.87. The van der Waals surface area contributed by atoms with Crippen LogP contribution in [0.25, 0.3) is 0 Å². The van der Waals surface area contributed by atoms with Crippen LogP contribution in [0.2, 0.25) is 0 Å². The maximum atomic E-state index is 12.7. The van der Waals surface area contributed by atoms with Crippen LogP contribution >= 0.6 is 0 Å². The monoisotopic (exact) mass is 292 g/mol. The maximum absolute atomic E-state index is 12.7. The van der Waals surface area contributed by atoms with Crippen LogP contribution in [0.3, 0.4) is 0 Å². The Morgan fingerprint density at radius 2 is 2.14 bits per heavy atom. The molecule has 1 amide bonds. The normalized spacial score (nSPS) is 21.2. The Morgan fingerprint density at radius 1 is 1.43 bits per heavy atom. The van der Waals surface area contributed by atoms with E-state index < -0.39 is 5.97 Å². The Kier molecular flexibility index (Phi) is 4.80. The number of nitrogens with two attached hydrogens (primary N) is 1. The smallest absolute Gasteiger partial charge is 0.305 e. The molecule has 1 heterocycles. The first-order valence-corrected chi connectivity index (χ1v) is 6.98. The molecule has 0 radical (unpaired) electrons. The zero-order valence-electron chi connectivity index (χ0n) is 12.0. The highest BCUT2D eigenvalue weighted by atomic mass is 16.5. The topological polar surface area (TPSA) is 92.9 Å². The minimum absolute atomic E-state index is 0.0494. The van der Waals surface area contributed by atoms with Crippen LogP contribution in [0.4, 0.5) is 11.4 Å². The van der Waals surface area contributed by atoms with Crippen LogP contribution in [0.5, 0.6) is 0 Å². The van der Waals surface area contributed by atoms with Crippen LogP contribution in [0, 0.1) is 5.92 Å². The van der Waals surface area contributed by atoms with Crippen molar-refractivity contribution in [2.45, 2.75) is 25.9 Å². The third kappa shape index (κ3) is 3.72. The van der Waals surface area contributed by atoms with Crippen molar-refractivity contribution in [3.05, 3.63) is 24.3 Å². The number of ether oxygens (including phenoxy) is 1. The van der Waals surface area contributed by atoms with Gasteiger partial charge in [0.05, 0.1) is 36.4 Å². The molecule has 0 aliphatic carbocycles. The maximum Gasteiger partial charge on any atom is 0.305 e. The SMILES string of the molecule is CC1CC(C(=O)N(CCC(=O)O)c2ccccc2N)CO1. The van der Waals surface area contributed by atoms with Crippen molar-refractivity contribution in [1.82, 2.24) is 0 Å². The zero-order valence-corrected chi connectivity index (χ0v) is 12.0. The fraction of sp³-hybridized carbons (Fsp3) is 0.467. The second-order valence-electron chi connectivity index (χ2n) is 5.27. The van der Waals surface area contributed by atoms with Gasteiger partial charge >= 0.3 is 5.97 Å². The van der Waals surface area contributed by atoms with Crippen molar-refractivity contribution in [2.75, 3.05) is 23.8 Å². The van der Waals surface area contributed by atoms with Gasteiger partial charge in [-0.15, -0.1) is 0 Å². The third-order valence-corrected chi connectivity index (χ3v) is 3.59. The molecule has 1 aromatic rings. The number of benzene rings is 1. The second-order valence-corrected chi connectivity index (χ2v) is 5.27. The molecule has 0 spiro atoms. The third-order valence-electron chi connectivity index (χ3n) is 3.59. The van der Waals surface area contributed by atoms with E-state index in [1.807, 2.05) is 6.92 Å². The standard InChI is InChI=1S/C15H20N2O4/c1-10-8-11(9-21-10)15(20)17(7-6-14(18)19)13-5-3-2-4-12(13)16/h2-5,10-11H,6-9,16H2,1H3,(H,18,19). The van der Waals surface area contributed by atoms with Crippen molar-refractivity contribution in [3.8, 4) is 0 Å². The molecule has 21 heavy (non-hydrogen) atoms. The molecule has 1 aliphatic rings. The summed E-state index contributed by atoms with van der Waals surface area (Å²) in [6.45, 7) is 2.40. The van der Waals surface area contributed by atoms with Gasteiger partial charge in [0.2, 0.25) is 5.91 Å². The molecule has 6 heteroatoms. The van der Waals surface area contributed by atoms with E-state index in [0.29, 0.717) is 24.4 Å². The fourth-order valence-electron chi connectivity index (χ4n) is 2.50. The van der Waals surface area contributed by atoms with Crippen LogP contribution in [-0.4, -0.2) is 36.2 Å². The first-order chi connectivity index (χ1) is 9.99. The number of amides is 1. The Morgan fingerprint density at radius 3 is 2.71 bits per heavy atom. The molecule has 1 saturated heterocycles. The predicted octanol–water partition coefficient (Wildman–Crippen LogP) is 1.50. The van der Waals surface area contributed by atoms with Gasteiger partial charge in [0.1, 0.15) is 0 Å². The van der Waals surface area contributed by atoms with Crippen molar-refractivity contribution >= 4 is 23.3 Å². The summed E-state index contributed by atoms with van der Waals surface area (Å²) in [5.74, 6) is -1.31. The first kappa shape index (κ1) is 15.3. The molecule has 0 bridgehead atoms. The molecule has 2 atom stereocenters. The van der Waals surface area contributed by atoms with E-state index in [1.165, 1.54) is 4.90 Å². The number of carbonyl (C=O) groups is 2. The Bertz CT molecular complexity index is 532. The molecule has 0 saturated carbocycles. The van der Waals surface area contributed by atoms with E-state index in [1.54, 1.807) is 24.3 Å². The number of hydrogen-bond donors (Lipinski definition) is 2. The number of carboxylic acids is 1. The average molecular weight is 292 g/mol. The Labute approximate surface area is 123 Å². The number of aliphatic carboxylic acids is 1. The second kappa shape index (κ2) is 6.58. The minimum atomic E-state index is -0.946. The summed E-state index contributed by atoms with van der Waals surface area (Å²) in [6, 6.07) is 6.98. The van der Waals surface area contributed by atoms with Crippen molar-refractivity contribution in [3.63, 3.8) is 0 Å². The molecule has 0 aromatic heterocycles. The quantitative estimate of drug-likeness (QED) is 0.802. The van der Waals surface area contributed by atoms with Crippen LogP contribution in [0.1, 0.15) is 19.8 Å². The lowest BCUT2D eigenvalue weighted by molar-refractivity contribution is -0.136. The lowest BCUT2D eigenvalue weighted by Crippen LogP contribution is -2.38. The largest absolute Gasteiger partial charge is 0.481 e. The summed E-state index contributed by atoms with van der Waals surface area (Å²) in [5, 5.41) is 8.87. The Balaban J connectivity index is 2.21. The van der Waals surface area contributed by atoms with E-state index in [9.17, 15) is 9.59 Å². The van der Waals surface area contributed by atoms with Crippen LogP contribution in [0.15, 0.2) is 24.3 Å². The lowest BCUT2D eigenvalue weighted by atomic mass is 10.0. The van der Waals surface area contributed by atoms with Crippen LogP contribution in [-0.2, 0) is 14.3 Å². The van der Waals surface area contributed by atoms with E-state index in [0.717, 1.165) is 0 Å². The number of para-hydroxylation sites is 2. The molecule has 2 unspecified atom stereocenters. The highest BCUT2D eigenvalue weighted by molar-refractivity contribution is 5.98. The number of anilines is 2. The molecular formula is C15H20N2O4. The fourth-order valence-corrected chi connectivity index (χ4v) is 2.50. The first-order valence-electron chi connectivity index (χ1n) is 6.98. The predicted molar refractivity (Wildman–Crippen MR) is 79.0 cm³/mol. The summed E-state index contributed by atoms with van der Waals surface area (Å²) in [7, 11) is 0. The van der Waals surface area contributed by atoms with Gasteiger partial charge in [0.25, 0.3) is 0 Å². The van der Waals surface area contributed by atoms with Crippen molar-refractivity contribution in [1.29, 1.82) is 0 Å². The van der Waals surface area contributed by atoms with Gasteiger partial charge in [-0.3, -0.25) is 9.59 Å². The molecule has 1 aliphatic heterocycles. The summed E-state index contributed by atoms with van der Waals surface area (Å²) < 4.78 is 5.43. The Hall–Kier alpha value is -2.08. The number of nitrogen functional groups attached to an aromatic ring is 1. The van der Waals surface area contributed by atoms with Gasteiger partial charge < -0.3 is 20.5 Å². The van der Waals surface area contributed by atoms with E-state index in [-0.39, 0.29) is 30.9 Å². The van der Waals surface area contributed by atoms with Gasteiger partial charge in [0, 0.05) is 6.54 Å². The molecule has 1 aromatic carbocycles. The van der Waals surface area contributed by atoms with E-state index in [2.05, 4.69) is 0 Å². The number of carbonyl (C=O) groups excluding carboxylic acids is 1. The molecule has 114 valence electrons. The molecule has 3 N–H and O–H groups in total. The van der Waals surface area contributed by atoms with Gasteiger partial charge in [-0.25, -0.2) is 0 Å². The van der Waals surface area contributed by atoms with Gasteiger partial charge in [-0.05, 0) is 25.5 Å². The molecule has 6 nitrogen and oxygen atoms in total. The molecule has 2 rings (SSSR count). The summed E-state index contributed by atoms with van der Waals surface area (Å²) >= 11 is 0. The van der Waals surface area contributed by atoms with Crippen LogP contribution < -0.4 is 10.6 Å². The number of hydrogen-bond acceptors (Lipinski definition) is 4. The number of nitrogens with zero attached hydrogens (tertiary/aromatic N) is 1. The number of rotatable bonds is 5. The van der Waals surface area contributed by atoms with Crippen molar-refractivity contribution in [2.24, 2.45) is 5.92 Å². The van der Waals surface area contributed by atoms with E-state index >= 15 is 0 Å². The van der Waals surface area contributed by atoms with Gasteiger partial charge in [-0.2, -0.15) is 0 Å². The highest BCUT2D eigenvalue weighted by Crippen LogP contribution is 2.28. The zero-order chi connectivity index (χ0) is 15.4. The summed E-state index contributed by atoms with van der Waals surface area (Å²) in [6.07, 6.45) is 0.576. The van der Waals surface area contributed by atoms with Gasteiger partial charge in [0.15, 0.2) is 0 Å². The highest BCUT2D eigenvalue weighted by Gasteiger charge is 2.32. The number of carboxylic acid groups (broad SMARTS) is 1. The minimum Gasteiger partial charge on any atom is -0.481 e. The van der Waals surface area contributed by atoms with E-state index in [4.69, 9.17) is 15.6 Å². The summed E-state index contributed by atoms with van der Waals surface area (Å²) in [5.41, 5.74) is 6.94. The van der Waals surface area contributed by atoms with Crippen molar-refractivity contribution < 1.29 is 19.4 Å². The lowest BCUT2D eigenvalue weighted by Gasteiger charge is -2.26. The van der Waals surface area contributed by atoms with Gasteiger partial charge in [-0.1, -0.05) is 12.1 Å². The molecule has 1 fully saturated rings. The summed E-state index contributed by atoms with van der Waals surface area (Å²) in [4.78, 5) is 24.9.